The van der Waals surface area contributed by atoms with Gasteiger partial charge in [0.15, 0.2) is 0 Å². The van der Waals surface area contributed by atoms with Gasteiger partial charge in [-0.1, -0.05) is 26.0 Å². The highest BCUT2D eigenvalue weighted by atomic mass is 32.2. The standard InChI is InChI=1S/C16H25NS/c1-11-5-10-16(12(11)2)17-13(3)14-6-8-15(18-4)9-7-14/h6-9,11-13,16-17H,5,10H2,1-4H3. The molecule has 0 radical (unpaired) electrons. The summed E-state index contributed by atoms with van der Waals surface area (Å²) in [6, 6.07) is 10.1. The van der Waals surface area contributed by atoms with Gasteiger partial charge in [-0.25, -0.2) is 0 Å². The van der Waals surface area contributed by atoms with E-state index in [1.54, 1.807) is 11.8 Å². The van der Waals surface area contributed by atoms with Crippen molar-refractivity contribution < 1.29 is 0 Å². The fourth-order valence-corrected chi connectivity index (χ4v) is 3.32. The molecule has 1 nitrogen and oxygen atoms in total. The Morgan fingerprint density at radius 1 is 1.17 bits per heavy atom. The molecular formula is C16H25NS. The van der Waals surface area contributed by atoms with Gasteiger partial charge in [0.05, 0.1) is 0 Å². The van der Waals surface area contributed by atoms with Gasteiger partial charge in [0.1, 0.15) is 0 Å². The molecule has 4 atom stereocenters. The van der Waals surface area contributed by atoms with E-state index >= 15 is 0 Å². The van der Waals surface area contributed by atoms with E-state index in [-0.39, 0.29) is 0 Å². The van der Waals surface area contributed by atoms with E-state index in [1.807, 2.05) is 0 Å². The lowest BCUT2D eigenvalue weighted by atomic mass is 9.96. The van der Waals surface area contributed by atoms with Gasteiger partial charge in [-0.05, 0) is 55.6 Å². The predicted octanol–water partition coefficient (Wildman–Crippen LogP) is 4.49. The van der Waals surface area contributed by atoms with Crippen LogP contribution in [0, 0.1) is 11.8 Å². The zero-order valence-corrected chi connectivity index (χ0v) is 12.8. The number of thioether (sulfide) groups is 1. The lowest BCUT2D eigenvalue weighted by molar-refractivity contribution is 0.347. The van der Waals surface area contributed by atoms with Crippen molar-refractivity contribution in [3.63, 3.8) is 0 Å². The zero-order chi connectivity index (χ0) is 13.1. The first kappa shape index (κ1) is 14.0. The molecule has 0 saturated heterocycles. The van der Waals surface area contributed by atoms with Gasteiger partial charge in [-0.3, -0.25) is 0 Å². The molecule has 1 aromatic rings. The van der Waals surface area contributed by atoms with Crippen molar-refractivity contribution in [3.8, 4) is 0 Å². The molecule has 1 saturated carbocycles. The molecule has 1 aliphatic rings. The molecule has 0 heterocycles. The summed E-state index contributed by atoms with van der Waals surface area (Å²) in [5.74, 6) is 1.67. The Kier molecular flexibility index (Phi) is 4.74. The fraction of sp³-hybridized carbons (Fsp3) is 0.625. The minimum atomic E-state index is 0.457. The van der Waals surface area contributed by atoms with Gasteiger partial charge in [-0.15, -0.1) is 11.8 Å². The van der Waals surface area contributed by atoms with Crippen LogP contribution in [0.4, 0.5) is 0 Å². The molecule has 0 aliphatic heterocycles. The lowest BCUT2D eigenvalue weighted by Crippen LogP contribution is -2.34. The molecule has 0 amide bonds. The number of rotatable bonds is 4. The van der Waals surface area contributed by atoms with E-state index in [9.17, 15) is 0 Å². The van der Waals surface area contributed by atoms with Crippen molar-refractivity contribution in [2.24, 2.45) is 11.8 Å². The molecule has 18 heavy (non-hydrogen) atoms. The second-order valence-corrected chi connectivity index (χ2v) is 6.56. The van der Waals surface area contributed by atoms with E-state index in [0.29, 0.717) is 12.1 Å². The fourth-order valence-electron chi connectivity index (χ4n) is 2.91. The average Bonchev–Trinajstić information content (AvgIpc) is 2.71. The number of hydrogen-bond acceptors (Lipinski definition) is 2. The maximum absolute atomic E-state index is 3.81. The summed E-state index contributed by atoms with van der Waals surface area (Å²) in [5.41, 5.74) is 1.40. The zero-order valence-electron chi connectivity index (χ0n) is 11.9. The van der Waals surface area contributed by atoms with E-state index in [1.165, 1.54) is 23.3 Å². The van der Waals surface area contributed by atoms with Gasteiger partial charge in [-0.2, -0.15) is 0 Å². The summed E-state index contributed by atoms with van der Waals surface area (Å²) in [5, 5.41) is 3.81. The Balaban J connectivity index is 1.96. The van der Waals surface area contributed by atoms with Crippen LogP contribution in [0.15, 0.2) is 29.2 Å². The van der Waals surface area contributed by atoms with Gasteiger partial charge in [0.25, 0.3) is 0 Å². The Morgan fingerprint density at radius 2 is 1.83 bits per heavy atom. The van der Waals surface area contributed by atoms with Crippen LogP contribution in [0.1, 0.15) is 45.2 Å². The molecule has 1 N–H and O–H groups in total. The third-order valence-electron chi connectivity index (χ3n) is 4.55. The van der Waals surface area contributed by atoms with Crippen LogP contribution in [0.3, 0.4) is 0 Å². The molecule has 2 heteroatoms. The second kappa shape index (κ2) is 6.12. The summed E-state index contributed by atoms with van der Waals surface area (Å²) in [6.07, 6.45) is 4.82. The van der Waals surface area contributed by atoms with Crippen molar-refractivity contribution in [2.75, 3.05) is 6.26 Å². The molecular weight excluding hydrogens is 238 g/mol. The Hall–Kier alpha value is -0.470. The number of nitrogens with one attached hydrogen (secondary N) is 1. The van der Waals surface area contributed by atoms with Gasteiger partial charge < -0.3 is 5.32 Å². The third kappa shape index (κ3) is 3.10. The molecule has 1 fully saturated rings. The number of hydrogen-bond donors (Lipinski definition) is 1. The molecule has 100 valence electrons. The summed E-state index contributed by atoms with van der Waals surface area (Å²) in [7, 11) is 0. The lowest BCUT2D eigenvalue weighted by Gasteiger charge is -2.24. The molecule has 1 aliphatic carbocycles. The average molecular weight is 263 g/mol. The van der Waals surface area contributed by atoms with Crippen LogP contribution < -0.4 is 5.32 Å². The minimum Gasteiger partial charge on any atom is -0.307 e. The third-order valence-corrected chi connectivity index (χ3v) is 5.29. The summed E-state index contributed by atoms with van der Waals surface area (Å²) in [4.78, 5) is 1.34. The Bertz CT molecular complexity index is 373. The summed E-state index contributed by atoms with van der Waals surface area (Å²) >= 11 is 1.80. The van der Waals surface area contributed by atoms with E-state index in [0.717, 1.165) is 11.8 Å². The molecule has 2 rings (SSSR count). The maximum Gasteiger partial charge on any atom is 0.0294 e. The van der Waals surface area contributed by atoms with Crippen molar-refractivity contribution >= 4 is 11.8 Å². The number of benzene rings is 1. The van der Waals surface area contributed by atoms with Gasteiger partial charge in [0, 0.05) is 17.0 Å². The van der Waals surface area contributed by atoms with Crippen molar-refractivity contribution in [3.05, 3.63) is 29.8 Å². The smallest absolute Gasteiger partial charge is 0.0294 e. The first-order valence-corrected chi connectivity index (χ1v) is 8.24. The highest BCUT2D eigenvalue weighted by Crippen LogP contribution is 2.32. The van der Waals surface area contributed by atoms with Crippen molar-refractivity contribution in [1.82, 2.24) is 5.32 Å². The SMILES string of the molecule is CSc1ccc(C(C)NC2CCC(C)C2C)cc1. The first-order valence-electron chi connectivity index (χ1n) is 7.01. The molecule has 0 aromatic heterocycles. The van der Waals surface area contributed by atoms with E-state index in [2.05, 4.69) is 56.6 Å². The Morgan fingerprint density at radius 3 is 2.33 bits per heavy atom. The summed E-state index contributed by atoms with van der Waals surface area (Å²) in [6.45, 7) is 7.05. The highest BCUT2D eigenvalue weighted by molar-refractivity contribution is 7.98. The van der Waals surface area contributed by atoms with E-state index < -0.39 is 0 Å². The minimum absolute atomic E-state index is 0.457. The van der Waals surface area contributed by atoms with Crippen LogP contribution in [0.5, 0.6) is 0 Å². The van der Waals surface area contributed by atoms with Crippen LogP contribution in [0.25, 0.3) is 0 Å². The predicted molar refractivity (Wildman–Crippen MR) is 81.1 cm³/mol. The quantitative estimate of drug-likeness (QED) is 0.803. The maximum atomic E-state index is 3.81. The molecule has 1 aromatic carbocycles. The largest absolute Gasteiger partial charge is 0.307 e. The normalized spacial score (nSPS) is 29.4. The van der Waals surface area contributed by atoms with Crippen LogP contribution in [-0.4, -0.2) is 12.3 Å². The molecule has 0 bridgehead atoms. The van der Waals surface area contributed by atoms with Crippen molar-refractivity contribution in [2.45, 2.75) is 50.6 Å². The van der Waals surface area contributed by atoms with E-state index in [4.69, 9.17) is 0 Å². The van der Waals surface area contributed by atoms with Crippen LogP contribution in [0.2, 0.25) is 0 Å². The van der Waals surface area contributed by atoms with Crippen LogP contribution in [-0.2, 0) is 0 Å². The topological polar surface area (TPSA) is 12.0 Å². The molecule has 0 spiro atoms. The van der Waals surface area contributed by atoms with Gasteiger partial charge in [0.2, 0.25) is 0 Å². The van der Waals surface area contributed by atoms with Crippen molar-refractivity contribution in [1.29, 1.82) is 0 Å². The first-order chi connectivity index (χ1) is 8.61. The second-order valence-electron chi connectivity index (χ2n) is 5.68. The van der Waals surface area contributed by atoms with Gasteiger partial charge >= 0.3 is 0 Å². The molecule has 4 unspecified atom stereocenters. The van der Waals surface area contributed by atoms with Crippen LogP contribution >= 0.6 is 11.8 Å². The highest BCUT2D eigenvalue weighted by Gasteiger charge is 2.30. The Labute approximate surface area is 116 Å². The summed E-state index contributed by atoms with van der Waals surface area (Å²) < 4.78 is 0. The monoisotopic (exact) mass is 263 g/mol.